The SMILES string of the molecule is CC(C)(C)Oc1cc(O)c(OC(C)(C)C)c(OC(C)(C)C)c1S(=O)(=O)c1c(OC(C)(C)C)cc(O)c(OC(C)(C)C)c1OC(C)(C)C. The molecule has 2 rings (SSSR count). The molecule has 268 valence electrons. The summed E-state index contributed by atoms with van der Waals surface area (Å²) in [6.45, 7) is 31.6. The monoisotopic (exact) mass is 682 g/mol. The predicted octanol–water partition coefficient (Wildman–Crippen LogP) is 8.99. The van der Waals surface area contributed by atoms with Crippen LogP contribution >= 0.6 is 0 Å². The van der Waals surface area contributed by atoms with E-state index in [2.05, 4.69) is 0 Å². The van der Waals surface area contributed by atoms with Gasteiger partial charge in [0.15, 0.2) is 32.8 Å². The first-order valence-corrected chi connectivity index (χ1v) is 17.3. The van der Waals surface area contributed by atoms with Crippen LogP contribution in [0.2, 0.25) is 0 Å². The summed E-state index contributed by atoms with van der Waals surface area (Å²) in [4.78, 5) is -0.853. The maximum Gasteiger partial charge on any atom is 0.221 e. The molecule has 0 aromatic heterocycles. The van der Waals surface area contributed by atoms with Crippen LogP contribution in [-0.2, 0) is 9.84 Å². The van der Waals surface area contributed by atoms with Gasteiger partial charge in [-0.2, -0.15) is 0 Å². The quantitative estimate of drug-likeness (QED) is 0.278. The highest BCUT2D eigenvalue weighted by molar-refractivity contribution is 7.92. The molecule has 0 unspecified atom stereocenters. The van der Waals surface area contributed by atoms with E-state index in [4.69, 9.17) is 28.4 Å². The molecule has 11 heteroatoms. The number of benzene rings is 2. The number of ether oxygens (including phenoxy) is 6. The lowest BCUT2D eigenvalue weighted by atomic mass is 10.1. The summed E-state index contributed by atoms with van der Waals surface area (Å²) >= 11 is 0. The fourth-order valence-corrected chi connectivity index (χ4v) is 5.89. The Bertz CT molecular complexity index is 1440. The minimum absolute atomic E-state index is 0.186. The van der Waals surface area contributed by atoms with Crippen LogP contribution in [0, 0.1) is 0 Å². The first-order chi connectivity index (χ1) is 20.6. The zero-order chi connectivity index (χ0) is 36.9. The summed E-state index contributed by atoms with van der Waals surface area (Å²) < 4.78 is 68.6. The topological polar surface area (TPSA) is 130 Å². The first-order valence-electron chi connectivity index (χ1n) is 15.8. The first kappa shape index (κ1) is 40.0. The van der Waals surface area contributed by atoms with Gasteiger partial charge in [-0.25, -0.2) is 8.42 Å². The normalized spacial score (nSPS) is 13.7. The number of phenols is 2. The predicted molar refractivity (Wildman–Crippen MR) is 184 cm³/mol. The maximum atomic E-state index is 15.5. The standard InChI is InChI=1S/C36H58O10S/c1-31(2,3)41-23-19-21(37)25(43-33(7,8)9)27(45-35(13,14)15)29(23)47(39,40)30-24(42-32(4,5)6)20-22(38)26(44-34(10,11)12)28(30)46-36(16,17)18/h19-20,37-38H,1-18H3. The largest absolute Gasteiger partial charge is 0.504 e. The molecule has 2 N–H and O–H groups in total. The molecule has 0 spiro atoms. The molecule has 0 aliphatic rings. The van der Waals surface area contributed by atoms with Crippen LogP contribution in [0.5, 0.6) is 46.0 Å². The van der Waals surface area contributed by atoms with Crippen LogP contribution in [0.4, 0.5) is 0 Å². The van der Waals surface area contributed by atoms with Gasteiger partial charge in [-0.05, 0) is 125 Å². The molecule has 0 aliphatic carbocycles. The van der Waals surface area contributed by atoms with Gasteiger partial charge in [-0.15, -0.1) is 0 Å². The molecular weight excluding hydrogens is 624 g/mol. The summed E-state index contributed by atoms with van der Waals surface area (Å²) in [5.74, 6) is -2.03. The molecule has 47 heavy (non-hydrogen) atoms. The Morgan fingerprint density at radius 1 is 0.404 bits per heavy atom. The van der Waals surface area contributed by atoms with Crippen LogP contribution in [0.15, 0.2) is 21.9 Å². The van der Waals surface area contributed by atoms with Gasteiger partial charge in [0, 0.05) is 12.1 Å². The van der Waals surface area contributed by atoms with E-state index in [1.54, 1.807) is 125 Å². The number of hydrogen-bond acceptors (Lipinski definition) is 10. The van der Waals surface area contributed by atoms with E-state index in [9.17, 15) is 10.2 Å². The number of aromatic hydroxyl groups is 2. The Kier molecular flexibility index (Phi) is 10.8. The lowest BCUT2D eigenvalue weighted by molar-refractivity contribution is 0.0829. The molecule has 0 aliphatic heterocycles. The molecular formula is C36H58O10S. The summed E-state index contributed by atoms with van der Waals surface area (Å²) in [5, 5.41) is 22.7. The molecule has 0 saturated heterocycles. The van der Waals surface area contributed by atoms with Crippen molar-refractivity contribution in [3.63, 3.8) is 0 Å². The molecule has 0 heterocycles. The van der Waals surface area contributed by atoms with E-state index in [0.717, 1.165) is 0 Å². The third kappa shape index (κ3) is 11.5. The van der Waals surface area contributed by atoms with Gasteiger partial charge in [0.25, 0.3) is 0 Å². The number of sulfone groups is 1. The van der Waals surface area contributed by atoms with Crippen LogP contribution in [0.1, 0.15) is 125 Å². The molecule has 0 fully saturated rings. The van der Waals surface area contributed by atoms with Crippen molar-refractivity contribution < 1.29 is 47.1 Å². The zero-order valence-corrected chi connectivity index (χ0v) is 32.5. The van der Waals surface area contributed by atoms with Gasteiger partial charge >= 0.3 is 0 Å². The average molecular weight is 683 g/mol. The Balaban J connectivity index is 3.42. The Labute approximate surface area is 282 Å². The molecule has 0 bridgehead atoms. The van der Waals surface area contributed by atoms with Crippen molar-refractivity contribution in [2.24, 2.45) is 0 Å². The molecule has 0 saturated carbocycles. The Morgan fingerprint density at radius 3 is 0.830 bits per heavy atom. The van der Waals surface area contributed by atoms with Gasteiger partial charge in [-0.1, -0.05) is 0 Å². The van der Waals surface area contributed by atoms with Crippen molar-refractivity contribution in [2.45, 2.75) is 168 Å². The highest BCUT2D eigenvalue weighted by Gasteiger charge is 2.43. The number of rotatable bonds is 8. The molecule has 0 radical (unpaired) electrons. The van der Waals surface area contributed by atoms with Crippen LogP contribution in [0.25, 0.3) is 0 Å². The zero-order valence-electron chi connectivity index (χ0n) is 31.7. The van der Waals surface area contributed by atoms with Crippen molar-refractivity contribution >= 4 is 9.84 Å². The molecule has 2 aromatic carbocycles. The van der Waals surface area contributed by atoms with Crippen LogP contribution in [-0.4, -0.2) is 52.2 Å². The average Bonchev–Trinajstić information content (AvgIpc) is 2.73. The second-order valence-electron chi connectivity index (χ2n) is 17.6. The van der Waals surface area contributed by atoms with Crippen molar-refractivity contribution in [1.82, 2.24) is 0 Å². The van der Waals surface area contributed by atoms with Gasteiger partial charge in [0.1, 0.15) is 45.1 Å². The van der Waals surface area contributed by atoms with E-state index in [0.29, 0.717) is 0 Å². The van der Waals surface area contributed by atoms with Crippen molar-refractivity contribution in [2.75, 3.05) is 0 Å². The second kappa shape index (κ2) is 12.7. The minimum Gasteiger partial charge on any atom is -0.504 e. The minimum atomic E-state index is -4.82. The summed E-state index contributed by atoms with van der Waals surface area (Å²) in [6, 6.07) is 2.41. The molecule has 10 nitrogen and oxygen atoms in total. The van der Waals surface area contributed by atoms with E-state index in [1.165, 1.54) is 12.1 Å². The fraction of sp³-hybridized carbons (Fsp3) is 0.667. The van der Waals surface area contributed by atoms with Gasteiger partial charge in [0.05, 0.1) is 0 Å². The van der Waals surface area contributed by atoms with E-state index in [-0.39, 0.29) is 46.0 Å². The number of phenolic OH excluding ortho intramolecular Hbond substituents is 2. The number of hydrogen-bond donors (Lipinski definition) is 2. The van der Waals surface area contributed by atoms with Gasteiger partial charge in [0.2, 0.25) is 21.3 Å². The van der Waals surface area contributed by atoms with E-state index >= 15 is 8.42 Å². The second-order valence-corrected chi connectivity index (χ2v) is 19.4. The Morgan fingerprint density at radius 2 is 0.617 bits per heavy atom. The van der Waals surface area contributed by atoms with Crippen LogP contribution < -0.4 is 28.4 Å². The highest BCUT2D eigenvalue weighted by Crippen LogP contribution is 2.57. The third-order valence-corrected chi connectivity index (χ3v) is 7.12. The van der Waals surface area contributed by atoms with E-state index in [1.807, 2.05) is 0 Å². The van der Waals surface area contributed by atoms with Crippen LogP contribution in [0.3, 0.4) is 0 Å². The summed E-state index contributed by atoms with van der Waals surface area (Å²) in [5.41, 5.74) is -5.47. The summed E-state index contributed by atoms with van der Waals surface area (Å²) in [6.07, 6.45) is 0. The summed E-state index contributed by atoms with van der Waals surface area (Å²) in [7, 11) is -4.82. The van der Waals surface area contributed by atoms with Crippen molar-refractivity contribution in [3.8, 4) is 46.0 Å². The lowest BCUT2D eigenvalue weighted by Gasteiger charge is -2.33. The molecule has 2 aromatic rings. The van der Waals surface area contributed by atoms with Crippen molar-refractivity contribution in [1.29, 1.82) is 0 Å². The van der Waals surface area contributed by atoms with E-state index < -0.39 is 53.2 Å². The maximum absolute atomic E-state index is 15.5. The fourth-order valence-electron chi connectivity index (χ4n) is 4.20. The smallest absolute Gasteiger partial charge is 0.221 e. The van der Waals surface area contributed by atoms with Crippen molar-refractivity contribution in [3.05, 3.63) is 12.1 Å². The lowest BCUT2D eigenvalue weighted by Crippen LogP contribution is -2.30. The van der Waals surface area contributed by atoms with Gasteiger partial charge < -0.3 is 38.6 Å². The third-order valence-electron chi connectivity index (χ3n) is 5.28. The molecule has 0 atom stereocenters. The highest BCUT2D eigenvalue weighted by atomic mass is 32.2. The van der Waals surface area contributed by atoms with Gasteiger partial charge in [-0.3, -0.25) is 0 Å². The Hall–Kier alpha value is -3.21. The molecule has 0 amide bonds.